The van der Waals surface area contributed by atoms with E-state index in [4.69, 9.17) is 14.2 Å². The van der Waals surface area contributed by atoms with Crippen LogP contribution in [0.4, 0.5) is 0 Å². The van der Waals surface area contributed by atoms with Crippen molar-refractivity contribution in [2.75, 3.05) is 40.1 Å². The summed E-state index contributed by atoms with van der Waals surface area (Å²) < 4.78 is 15.9. The Morgan fingerprint density at radius 3 is 2.60 bits per heavy atom. The second kappa shape index (κ2) is 13.4. The summed E-state index contributed by atoms with van der Waals surface area (Å²) in [6, 6.07) is 5.49. The van der Waals surface area contributed by atoms with Crippen LogP contribution < -0.4 is 0 Å². The molecular formula is C21H28O4. The predicted molar refractivity (Wildman–Crippen MR) is 101 cm³/mol. The van der Waals surface area contributed by atoms with Crippen molar-refractivity contribution >= 4 is 11.9 Å². The summed E-state index contributed by atoms with van der Waals surface area (Å²) in [4.78, 5) is 11.6. The molecule has 0 atom stereocenters. The fourth-order valence-corrected chi connectivity index (χ4v) is 2.30. The van der Waals surface area contributed by atoms with Gasteiger partial charge in [-0.15, -0.1) is 0 Å². The van der Waals surface area contributed by atoms with Crippen molar-refractivity contribution in [3.63, 3.8) is 0 Å². The Bertz CT molecular complexity index is 596. The van der Waals surface area contributed by atoms with Crippen molar-refractivity contribution in [1.82, 2.24) is 0 Å². The Kier molecular flexibility index (Phi) is 11.3. The summed E-state index contributed by atoms with van der Waals surface area (Å²) >= 11 is 0. The van der Waals surface area contributed by atoms with Gasteiger partial charge in [0.05, 0.1) is 13.2 Å². The zero-order valence-electron chi connectivity index (χ0n) is 15.3. The zero-order chi connectivity index (χ0) is 18.3. The van der Waals surface area contributed by atoms with Crippen molar-refractivity contribution in [3.05, 3.63) is 41.5 Å². The Hall–Kier alpha value is -1.93. The number of hydrogen-bond acceptors (Lipinski definition) is 4. The molecule has 0 saturated carbocycles. The third-order valence-corrected chi connectivity index (χ3v) is 3.60. The number of methoxy groups -OCH3 is 1. The number of hydrogen-bond donors (Lipinski definition) is 0. The molecule has 1 aromatic rings. The Labute approximate surface area is 151 Å². The first kappa shape index (κ1) is 21.1. The van der Waals surface area contributed by atoms with Gasteiger partial charge in [-0.05, 0) is 32.3 Å². The molecule has 0 fully saturated rings. The molecule has 0 aliphatic carbocycles. The first-order chi connectivity index (χ1) is 12.2. The second-order valence-electron chi connectivity index (χ2n) is 5.55. The van der Waals surface area contributed by atoms with E-state index in [1.165, 1.54) is 0 Å². The van der Waals surface area contributed by atoms with Crippen molar-refractivity contribution in [1.29, 1.82) is 0 Å². The average molecular weight is 344 g/mol. The van der Waals surface area contributed by atoms with Crippen LogP contribution in [0.1, 0.15) is 47.7 Å². The monoisotopic (exact) mass is 344 g/mol. The molecule has 0 spiro atoms. The molecule has 0 aromatic heterocycles. The molecular weight excluding hydrogens is 316 g/mol. The molecule has 0 heterocycles. The van der Waals surface area contributed by atoms with Crippen LogP contribution in [0.15, 0.2) is 24.8 Å². The van der Waals surface area contributed by atoms with Gasteiger partial charge < -0.3 is 14.2 Å². The Morgan fingerprint density at radius 1 is 1.12 bits per heavy atom. The highest BCUT2D eigenvalue weighted by Gasteiger charge is 2.07. The standard InChI is InChI=1S/C21H28O4/c1-4-20-19(10-8-12-21(20)18(2)22)11-9-15-25-17-16-24-14-7-5-6-13-23-3/h4,8,10,12H,1,5-7,13-17H2,2-3H3. The molecule has 0 saturated heterocycles. The number of carbonyl (C=O) groups is 1. The van der Waals surface area contributed by atoms with Gasteiger partial charge in [0.1, 0.15) is 6.61 Å². The van der Waals surface area contributed by atoms with Gasteiger partial charge in [-0.1, -0.05) is 36.6 Å². The maximum Gasteiger partial charge on any atom is 0.160 e. The minimum absolute atomic E-state index is 0.00849. The molecule has 0 radical (unpaired) electrons. The first-order valence-electron chi connectivity index (χ1n) is 8.60. The lowest BCUT2D eigenvalue weighted by Gasteiger charge is -2.05. The normalized spacial score (nSPS) is 10.2. The van der Waals surface area contributed by atoms with E-state index in [9.17, 15) is 4.79 Å². The van der Waals surface area contributed by atoms with Gasteiger partial charge in [0, 0.05) is 37.0 Å². The van der Waals surface area contributed by atoms with Crippen molar-refractivity contribution in [3.8, 4) is 11.8 Å². The van der Waals surface area contributed by atoms with Crippen LogP contribution in [-0.4, -0.2) is 45.9 Å². The van der Waals surface area contributed by atoms with Crippen LogP contribution in [0.2, 0.25) is 0 Å². The topological polar surface area (TPSA) is 44.8 Å². The highest BCUT2D eigenvalue weighted by molar-refractivity contribution is 5.98. The molecule has 4 heteroatoms. The van der Waals surface area contributed by atoms with Crippen molar-refractivity contribution < 1.29 is 19.0 Å². The predicted octanol–water partition coefficient (Wildman–Crippen LogP) is 3.73. The zero-order valence-corrected chi connectivity index (χ0v) is 15.3. The molecule has 1 rings (SSSR count). The lowest BCUT2D eigenvalue weighted by molar-refractivity contribution is 0.0577. The summed E-state index contributed by atoms with van der Waals surface area (Å²) in [7, 11) is 1.72. The number of ketones is 1. The Morgan fingerprint density at radius 2 is 1.88 bits per heavy atom. The number of carbonyl (C=O) groups excluding carboxylic acids is 1. The maximum atomic E-state index is 11.6. The molecule has 0 aliphatic heterocycles. The molecule has 25 heavy (non-hydrogen) atoms. The largest absolute Gasteiger partial charge is 0.385 e. The van der Waals surface area contributed by atoms with Crippen LogP contribution in [0.5, 0.6) is 0 Å². The summed E-state index contributed by atoms with van der Waals surface area (Å²) in [6.45, 7) is 8.30. The number of benzene rings is 1. The second-order valence-corrected chi connectivity index (χ2v) is 5.55. The quantitative estimate of drug-likeness (QED) is 0.329. The smallest absolute Gasteiger partial charge is 0.160 e. The van der Waals surface area contributed by atoms with E-state index >= 15 is 0 Å². The van der Waals surface area contributed by atoms with E-state index in [1.54, 1.807) is 26.2 Å². The highest BCUT2D eigenvalue weighted by atomic mass is 16.5. The fourth-order valence-electron chi connectivity index (χ4n) is 2.30. The summed E-state index contributed by atoms with van der Waals surface area (Å²) in [5.41, 5.74) is 2.21. The summed E-state index contributed by atoms with van der Waals surface area (Å²) in [5.74, 6) is 6.01. The number of rotatable bonds is 12. The summed E-state index contributed by atoms with van der Waals surface area (Å²) in [5, 5.41) is 0. The number of ether oxygens (including phenoxy) is 3. The summed E-state index contributed by atoms with van der Waals surface area (Å²) in [6.07, 6.45) is 4.90. The third-order valence-electron chi connectivity index (χ3n) is 3.60. The molecule has 0 bridgehead atoms. The van der Waals surface area contributed by atoms with E-state index in [-0.39, 0.29) is 5.78 Å². The molecule has 0 amide bonds. The average Bonchev–Trinajstić information content (AvgIpc) is 2.62. The fraction of sp³-hybridized carbons (Fsp3) is 0.476. The van der Waals surface area contributed by atoms with E-state index in [0.717, 1.165) is 43.6 Å². The van der Waals surface area contributed by atoms with Crippen LogP contribution in [0.25, 0.3) is 6.08 Å². The highest BCUT2D eigenvalue weighted by Crippen LogP contribution is 2.16. The molecule has 1 aromatic carbocycles. The van der Waals surface area contributed by atoms with E-state index in [0.29, 0.717) is 25.4 Å². The minimum atomic E-state index is 0.00849. The van der Waals surface area contributed by atoms with Gasteiger partial charge in [-0.25, -0.2) is 0 Å². The van der Waals surface area contributed by atoms with Gasteiger partial charge in [-0.3, -0.25) is 4.79 Å². The van der Waals surface area contributed by atoms with Crippen LogP contribution in [0, 0.1) is 11.8 Å². The maximum absolute atomic E-state index is 11.6. The van der Waals surface area contributed by atoms with Gasteiger partial charge in [0.2, 0.25) is 0 Å². The van der Waals surface area contributed by atoms with Crippen molar-refractivity contribution in [2.45, 2.75) is 26.2 Å². The van der Waals surface area contributed by atoms with Crippen molar-refractivity contribution in [2.24, 2.45) is 0 Å². The lowest BCUT2D eigenvalue weighted by Crippen LogP contribution is -2.05. The van der Waals surface area contributed by atoms with Crippen LogP contribution >= 0.6 is 0 Å². The van der Waals surface area contributed by atoms with Gasteiger partial charge in [-0.2, -0.15) is 0 Å². The molecule has 0 aliphatic rings. The lowest BCUT2D eigenvalue weighted by atomic mass is 9.99. The number of unbranched alkanes of at least 4 members (excludes halogenated alkanes) is 2. The van der Waals surface area contributed by atoms with Gasteiger partial charge in [0.25, 0.3) is 0 Å². The SMILES string of the molecule is C=Cc1c(C#CCOCCOCCCCCOC)cccc1C(C)=O. The molecule has 4 nitrogen and oxygen atoms in total. The van der Waals surface area contributed by atoms with Gasteiger partial charge >= 0.3 is 0 Å². The van der Waals surface area contributed by atoms with E-state index in [1.807, 2.05) is 12.1 Å². The minimum Gasteiger partial charge on any atom is -0.385 e. The molecule has 136 valence electrons. The van der Waals surface area contributed by atoms with Crippen LogP contribution in [0.3, 0.4) is 0 Å². The van der Waals surface area contributed by atoms with Crippen LogP contribution in [-0.2, 0) is 14.2 Å². The Balaban J connectivity index is 2.25. The number of Topliss-reactive ketones (excluding diaryl/α,β-unsaturated/α-hetero) is 1. The first-order valence-corrected chi connectivity index (χ1v) is 8.60. The molecule has 0 unspecified atom stereocenters. The third kappa shape index (κ3) is 8.64. The van der Waals surface area contributed by atoms with E-state index < -0.39 is 0 Å². The molecule has 0 N–H and O–H groups in total. The van der Waals surface area contributed by atoms with E-state index in [2.05, 4.69) is 18.4 Å². The van der Waals surface area contributed by atoms with Gasteiger partial charge in [0.15, 0.2) is 5.78 Å².